The lowest BCUT2D eigenvalue weighted by molar-refractivity contribution is -0.141. The van der Waals surface area contributed by atoms with Crippen molar-refractivity contribution in [3.05, 3.63) is 53.5 Å². The molecule has 1 aliphatic heterocycles. The van der Waals surface area contributed by atoms with Crippen LogP contribution >= 0.6 is 0 Å². The molecular formula is C20H25FN2O4. The molecule has 1 unspecified atom stereocenters. The number of oxazole rings is 1. The maximum atomic E-state index is 13.0. The van der Waals surface area contributed by atoms with Crippen LogP contribution < -0.4 is 0 Å². The molecular weight excluding hydrogens is 351 g/mol. The minimum Gasteiger partial charge on any atom is -0.443 e. The fraction of sp³-hybridized carbons (Fsp3) is 0.500. The predicted molar refractivity (Wildman–Crippen MR) is 96.7 cm³/mol. The van der Waals surface area contributed by atoms with Gasteiger partial charge < -0.3 is 18.8 Å². The molecule has 2 aromatic rings. The standard InChI is InChI=1S/C20H25FN2O4/c1-25-10-11-26-14-19(24)23-9-3-2-4-18(23)20-22-13-17(27-20)12-15-5-7-16(21)8-6-15/h5-8,13,18H,2-4,9-12,14H2,1H3. The second kappa shape index (κ2) is 9.62. The molecule has 27 heavy (non-hydrogen) atoms. The number of methoxy groups -OCH3 is 1. The highest BCUT2D eigenvalue weighted by Gasteiger charge is 2.31. The molecule has 0 N–H and O–H groups in total. The minimum absolute atomic E-state index is 0.0308. The normalized spacial score (nSPS) is 17.3. The summed E-state index contributed by atoms with van der Waals surface area (Å²) >= 11 is 0. The van der Waals surface area contributed by atoms with Gasteiger partial charge in [0.05, 0.1) is 19.4 Å². The molecule has 1 saturated heterocycles. The first kappa shape index (κ1) is 19.5. The molecule has 3 rings (SSSR count). The third kappa shape index (κ3) is 5.37. The van der Waals surface area contributed by atoms with Crippen molar-refractivity contribution in [1.82, 2.24) is 9.88 Å². The Hall–Kier alpha value is -2.25. The monoisotopic (exact) mass is 376 g/mol. The molecule has 0 aliphatic carbocycles. The zero-order valence-corrected chi connectivity index (χ0v) is 15.5. The molecule has 0 bridgehead atoms. The van der Waals surface area contributed by atoms with Crippen molar-refractivity contribution in [2.45, 2.75) is 31.7 Å². The van der Waals surface area contributed by atoms with Gasteiger partial charge in [-0.3, -0.25) is 4.79 Å². The average molecular weight is 376 g/mol. The van der Waals surface area contributed by atoms with Crippen LogP contribution in [0.5, 0.6) is 0 Å². The molecule has 1 aromatic heterocycles. The maximum Gasteiger partial charge on any atom is 0.249 e. The van der Waals surface area contributed by atoms with Crippen LogP contribution in [0.3, 0.4) is 0 Å². The molecule has 2 heterocycles. The van der Waals surface area contributed by atoms with Crippen LogP contribution in [0.15, 0.2) is 34.9 Å². The number of rotatable bonds is 8. The summed E-state index contributed by atoms with van der Waals surface area (Å²) in [5.74, 6) is 0.929. The van der Waals surface area contributed by atoms with Crippen LogP contribution in [0.4, 0.5) is 4.39 Å². The van der Waals surface area contributed by atoms with Gasteiger partial charge in [-0.05, 0) is 37.0 Å². The fourth-order valence-corrected chi connectivity index (χ4v) is 3.23. The van der Waals surface area contributed by atoms with Crippen LogP contribution in [0.1, 0.15) is 42.5 Å². The van der Waals surface area contributed by atoms with Gasteiger partial charge >= 0.3 is 0 Å². The molecule has 1 atom stereocenters. The molecule has 0 saturated carbocycles. The highest BCUT2D eigenvalue weighted by molar-refractivity contribution is 5.78. The smallest absolute Gasteiger partial charge is 0.249 e. The number of piperidine rings is 1. The number of benzene rings is 1. The van der Waals surface area contributed by atoms with Crippen molar-refractivity contribution < 1.29 is 23.1 Å². The van der Waals surface area contributed by atoms with Gasteiger partial charge in [-0.2, -0.15) is 0 Å². The van der Waals surface area contributed by atoms with E-state index in [2.05, 4.69) is 4.98 Å². The number of halogens is 1. The third-order valence-corrected chi connectivity index (χ3v) is 4.63. The lowest BCUT2D eigenvalue weighted by Gasteiger charge is -2.33. The Morgan fingerprint density at radius 1 is 1.30 bits per heavy atom. The largest absolute Gasteiger partial charge is 0.443 e. The first-order valence-electron chi connectivity index (χ1n) is 9.22. The highest BCUT2D eigenvalue weighted by Crippen LogP contribution is 2.31. The molecule has 6 nitrogen and oxygen atoms in total. The van der Waals surface area contributed by atoms with Crippen LogP contribution in [0, 0.1) is 5.82 Å². The Morgan fingerprint density at radius 2 is 2.11 bits per heavy atom. The molecule has 1 amide bonds. The summed E-state index contributed by atoms with van der Waals surface area (Å²) < 4.78 is 29.2. The van der Waals surface area contributed by atoms with Crippen molar-refractivity contribution in [3.8, 4) is 0 Å². The summed E-state index contributed by atoms with van der Waals surface area (Å²) in [7, 11) is 1.60. The zero-order chi connectivity index (χ0) is 19.1. The van der Waals surface area contributed by atoms with Gasteiger partial charge in [0, 0.05) is 20.1 Å². The Kier molecular flexibility index (Phi) is 6.95. The minimum atomic E-state index is -0.263. The predicted octanol–water partition coefficient (Wildman–Crippen LogP) is 3.12. The van der Waals surface area contributed by atoms with Gasteiger partial charge in [-0.25, -0.2) is 9.37 Å². The summed E-state index contributed by atoms with van der Waals surface area (Å²) in [4.78, 5) is 18.7. The second-order valence-electron chi connectivity index (χ2n) is 6.61. The van der Waals surface area contributed by atoms with E-state index in [9.17, 15) is 9.18 Å². The SMILES string of the molecule is COCCOCC(=O)N1CCCCC1c1ncc(Cc2ccc(F)cc2)o1. The topological polar surface area (TPSA) is 64.8 Å². The highest BCUT2D eigenvalue weighted by atomic mass is 19.1. The summed E-state index contributed by atoms with van der Waals surface area (Å²) in [6, 6.07) is 6.14. The van der Waals surface area contributed by atoms with E-state index in [1.54, 1.807) is 30.3 Å². The van der Waals surface area contributed by atoms with E-state index in [0.29, 0.717) is 37.8 Å². The van der Waals surface area contributed by atoms with Crippen molar-refractivity contribution in [3.63, 3.8) is 0 Å². The van der Waals surface area contributed by atoms with Crippen molar-refractivity contribution in [2.75, 3.05) is 33.5 Å². The van der Waals surface area contributed by atoms with Crippen LogP contribution in [0.2, 0.25) is 0 Å². The van der Waals surface area contributed by atoms with E-state index < -0.39 is 0 Å². The second-order valence-corrected chi connectivity index (χ2v) is 6.61. The first-order chi connectivity index (χ1) is 13.2. The Morgan fingerprint density at radius 3 is 2.89 bits per heavy atom. The maximum absolute atomic E-state index is 13.0. The van der Waals surface area contributed by atoms with Crippen molar-refractivity contribution in [1.29, 1.82) is 0 Å². The van der Waals surface area contributed by atoms with E-state index in [1.807, 2.05) is 0 Å². The van der Waals surface area contributed by atoms with Gasteiger partial charge in [0.15, 0.2) is 0 Å². The Bertz CT molecular complexity index is 732. The van der Waals surface area contributed by atoms with Crippen LogP contribution in [-0.4, -0.2) is 49.3 Å². The van der Waals surface area contributed by atoms with E-state index >= 15 is 0 Å². The molecule has 1 fully saturated rings. The van der Waals surface area contributed by atoms with Gasteiger partial charge in [0.1, 0.15) is 24.2 Å². The molecule has 0 spiro atoms. The van der Waals surface area contributed by atoms with Gasteiger partial charge in [0.25, 0.3) is 0 Å². The fourth-order valence-electron chi connectivity index (χ4n) is 3.23. The molecule has 1 aromatic carbocycles. The van der Waals surface area contributed by atoms with Crippen LogP contribution in [0.25, 0.3) is 0 Å². The zero-order valence-electron chi connectivity index (χ0n) is 15.5. The summed E-state index contributed by atoms with van der Waals surface area (Å²) in [5, 5.41) is 0. The first-order valence-corrected chi connectivity index (χ1v) is 9.22. The molecule has 1 aliphatic rings. The van der Waals surface area contributed by atoms with Crippen molar-refractivity contribution in [2.24, 2.45) is 0 Å². The van der Waals surface area contributed by atoms with E-state index in [-0.39, 0.29) is 24.4 Å². The third-order valence-electron chi connectivity index (χ3n) is 4.63. The van der Waals surface area contributed by atoms with Gasteiger partial charge in [0.2, 0.25) is 11.8 Å². The number of carbonyl (C=O) groups excluding carboxylic acids is 1. The van der Waals surface area contributed by atoms with Gasteiger partial charge in [-0.1, -0.05) is 12.1 Å². The lowest BCUT2D eigenvalue weighted by atomic mass is 10.0. The number of aromatic nitrogens is 1. The number of hydrogen-bond acceptors (Lipinski definition) is 5. The summed E-state index contributed by atoms with van der Waals surface area (Å²) in [5.41, 5.74) is 0.946. The number of hydrogen-bond donors (Lipinski definition) is 0. The summed E-state index contributed by atoms with van der Waals surface area (Å²) in [6.07, 6.45) is 5.03. The van der Waals surface area contributed by atoms with E-state index in [1.165, 1.54) is 12.1 Å². The Balaban J connectivity index is 1.63. The average Bonchev–Trinajstić information content (AvgIpc) is 3.15. The quantitative estimate of drug-likeness (QED) is 0.663. The molecule has 0 radical (unpaired) electrons. The number of nitrogens with zero attached hydrogens (tertiary/aromatic N) is 2. The van der Waals surface area contributed by atoms with Gasteiger partial charge in [-0.15, -0.1) is 0 Å². The number of likely N-dealkylation sites (tertiary alicyclic amines) is 1. The number of amides is 1. The molecule has 146 valence electrons. The number of carbonyl (C=O) groups is 1. The van der Waals surface area contributed by atoms with E-state index in [4.69, 9.17) is 13.9 Å². The number of ether oxygens (including phenoxy) is 2. The Labute approximate surface area is 158 Å². The molecule has 7 heteroatoms. The van der Waals surface area contributed by atoms with Crippen molar-refractivity contribution >= 4 is 5.91 Å². The lowest BCUT2D eigenvalue weighted by Crippen LogP contribution is -2.40. The van der Waals surface area contributed by atoms with E-state index in [0.717, 1.165) is 24.8 Å². The van der Waals surface area contributed by atoms with Crippen LogP contribution in [-0.2, 0) is 20.7 Å². The summed E-state index contributed by atoms with van der Waals surface area (Å²) in [6.45, 7) is 1.56.